The van der Waals surface area contributed by atoms with Gasteiger partial charge in [-0.15, -0.1) is 0 Å². The Morgan fingerprint density at radius 1 is 1.19 bits per heavy atom. The number of alkyl halides is 3. The smallest absolute Gasteiger partial charge is 0.343 e. The molecule has 0 aromatic heterocycles. The maximum absolute atomic E-state index is 13.3. The van der Waals surface area contributed by atoms with E-state index in [1.54, 1.807) is 4.90 Å². The minimum absolute atomic E-state index is 0.0401. The molecule has 1 N–H and O–H groups in total. The van der Waals surface area contributed by atoms with Crippen molar-refractivity contribution in [1.82, 2.24) is 14.5 Å². The molecule has 3 rings (SSSR count). The zero-order valence-corrected chi connectivity index (χ0v) is 18.7. The van der Waals surface area contributed by atoms with Gasteiger partial charge in [-0.2, -0.15) is 17.5 Å². The molecule has 174 valence electrons. The fourth-order valence-corrected chi connectivity index (χ4v) is 6.11. The van der Waals surface area contributed by atoms with Crippen molar-refractivity contribution < 1.29 is 26.4 Å². The van der Waals surface area contributed by atoms with Gasteiger partial charge in [0, 0.05) is 37.6 Å². The second-order valence-electron chi connectivity index (χ2n) is 8.30. The minimum atomic E-state index is -4.61. The molecule has 1 aliphatic carbocycles. The molecule has 1 heterocycles. The van der Waals surface area contributed by atoms with Gasteiger partial charge in [-0.25, -0.2) is 8.42 Å². The summed E-state index contributed by atoms with van der Waals surface area (Å²) in [5, 5.41) is 3.11. The first-order valence-electron chi connectivity index (χ1n) is 10.7. The third-order valence-corrected chi connectivity index (χ3v) is 8.14. The van der Waals surface area contributed by atoms with E-state index in [-0.39, 0.29) is 28.9 Å². The Labute approximate surface area is 181 Å². The average molecular weight is 462 g/mol. The van der Waals surface area contributed by atoms with Gasteiger partial charge in [0.25, 0.3) is 0 Å². The van der Waals surface area contributed by atoms with Crippen molar-refractivity contribution in [2.75, 3.05) is 20.1 Å². The molecular weight excluding hydrogens is 431 g/mol. The highest BCUT2D eigenvalue weighted by Crippen LogP contribution is 2.38. The van der Waals surface area contributed by atoms with Crippen LogP contribution in [-0.2, 0) is 21.0 Å². The van der Waals surface area contributed by atoms with Crippen LogP contribution in [0.2, 0.25) is 0 Å². The second kappa shape index (κ2) is 9.46. The van der Waals surface area contributed by atoms with Crippen molar-refractivity contribution in [2.24, 2.45) is 0 Å². The Morgan fingerprint density at radius 3 is 2.32 bits per heavy atom. The number of carbonyl (C=O) groups is 1. The zero-order chi connectivity index (χ0) is 22.8. The number of rotatable bonds is 8. The molecule has 0 bridgehead atoms. The first-order valence-corrected chi connectivity index (χ1v) is 12.2. The highest BCUT2D eigenvalue weighted by atomic mass is 32.2. The SMILES string of the molecule is CCC(CC(=O)N1CCC(N(C2CC2)S(=O)(=O)c2cccc(C(F)(F)F)c2)CC1)NC. The highest BCUT2D eigenvalue weighted by Gasteiger charge is 2.44. The molecule has 0 radical (unpaired) electrons. The molecule has 1 atom stereocenters. The monoisotopic (exact) mass is 461 g/mol. The van der Waals surface area contributed by atoms with E-state index in [4.69, 9.17) is 0 Å². The molecule has 0 spiro atoms. The lowest BCUT2D eigenvalue weighted by Crippen LogP contribution is -2.50. The van der Waals surface area contributed by atoms with E-state index >= 15 is 0 Å². The molecule has 1 saturated heterocycles. The molecule has 1 amide bonds. The molecule has 31 heavy (non-hydrogen) atoms. The molecule has 2 aliphatic rings. The third kappa shape index (κ3) is 5.59. The van der Waals surface area contributed by atoms with E-state index in [1.165, 1.54) is 10.4 Å². The normalized spacial score (nSPS) is 19.6. The van der Waals surface area contributed by atoms with Crippen molar-refractivity contribution in [1.29, 1.82) is 0 Å². The van der Waals surface area contributed by atoms with Crippen LogP contribution in [0.15, 0.2) is 29.2 Å². The van der Waals surface area contributed by atoms with Gasteiger partial charge in [-0.3, -0.25) is 4.79 Å². The van der Waals surface area contributed by atoms with Crippen LogP contribution < -0.4 is 5.32 Å². The number of carbonyl (C=O) groups excluding carboxylic acids is 1. The highest BCUT2D eigenvalue weighted by molar-refractivity contribution is 7.89. The van der Waals surface area contributed by atoms with Gasteiger partial charge in [0.15, 0.2) is 0 Å². The van der Waals surface area contributed by atoms with E-state index in [2.05, 4.69) is 5.32 Å². The van der Waals surface area contributed by atoms with Gasteiger partial charge in [-0.1, -0.05) is 13.0 Å². The second-order valence-corrected chi connectivity index (χ2v) is 10.1. The molecule has 1 aromatic rings. The first-order chi connectivity index (χ1) is 14.6. The Kier molecular flexibility index (Phi) is 7.32. The van der Waals surface area contributed by atoms with E-state index < -0.39 is 21.8 Å². The van der Waals surface area contributed by atoms with Crippen molar-refractivity contribution >= 4 is 15.9 Å². The number of nitrogens with one attached hydrogen (secondary N) is 1. The molecule has 1 saturated carbocycles. The van der Waals surface area contributed by atoms with Crippen molar-refractivity contribution in [3.8, 4) is 0 Å². The van der Waals surface area contributed by atoms with Gasteiger partial charge < -0.3 is 10.2 Å². The molecule has 1 aliphatic heterocycles. The summed E-state index contributed by atoms with van der Waals surface area (Å²) >= 11 is 0. The van der Waals surface area contributed by atoms with Gasteiger partial charge in [0.05, 0.1) is 10.5 Å². The van der Waals surface area contributed by atoms with Crippen LogP contribution in [0.4, 0.5) is 13.2 Å². The Bertz CT molecular complexity index is 875. The minimum Gasteiger partial charge on any atom is -0.343 e. The van der Waals surface area contributed by atoms with Crippen LogP contribution in [0, 0.1) is 0 Å². The summed E-state index contributed by atoms with van der Waals surface area (Å²) in [6.45, 7) is 2.91. The van der Waals surface area contributed by atoms with Gasteiger partial charge in [-0.05, 0) is 57.4 Å². The van der Waals surface area contributed by atoms with Gasteiger partial charge in [0.1, 0.15) is 0 Å². The number of nitrogens with zero attached hydrogens (tertiary/aromatic N) is 2. The lowest BCUT2D eigenvalue weighted by molar-refractivity contribution is -0.137. The maximum Gasteiger partial charge on any atom is 0.416 e. The fraction of sp³-hybridized carbons (Fsp3) is 0.667. The molecule has 1 aromatic carbocycles. The Balaban J connectivity index is 1.73. The lowest BCUT2D eigenvalue weighted by atomic mass is 10.0. The number of piperidine rings is 1. The van der Waals surface area contributed by atoms with E-state index in [1.807, 2.05) is 14.0 Å². The summed E-state index contributed by atoms with van der Waals surface area (Å²) in [6.07, 6.45) is -0.996. The van der Waals surface area contributed by atoms with Crippen LogP contribution in [-0.4, -0.2) is 61.8 Å². The zero-order valence-electron chi connectivity index (χ0n) is 17.9. The summed E-state index contributed by atoms with van der Waals surface area (Å²) in [4.78, 5) is 14.0. The summed E-state index contributed by atoms with van der Waals surface area (Å²) in [5.41, 5.74) is -0.972. The van der Waals surface area contributed by atoms with Crippen molar-refractivity contribution in [2.45, 2.75) is 74.6 Å². The summed E-state index contributed by atoms with van der Waals surface area (Å²) < 4.78 is 67.3. The Morgan fingerprint density at radius 2 is 1.81 bits per heavy atom. The number of benzene rings is 1. The number of sulfonamides is 1. The van der Waals surface area contributed by atoms with E-state index in [0.717, 1.165) is 18.6 Å². The topological polar surface area (TPSA) is 69.7 Å². The number of halogens is 3. The third-order valence-electron chi connectivity index (χ3n) is 6.14. The van der Waals surface area contributed by atoms with Crippen LogP contribution >= 0.6 is 0 Å². The number of amides is 1. The largest absolute Gasteiger partial charge is 0.416 e. The fourth-order valence-electron chi connectivity index (χ4n) is 4.13. The number of hydrogen-bond donors (Lipinski definition) is 1. The molecular formula is C21H30F3N3O3S. The summed E-state index contributed by atoms with van der Waals surface area (Å²) in [6, 6.07) is 3.55. The number of likely N-dealkylation sites (tertiary alicyclic amines) is 1. The quantitative estimate of drug-likeness (QED) is 0.645. The van der Waals surface area contributed by atoms with E-state index in [9.17, 15) is 26.4 Å². The lowest BCUT2D eigenvalue weighted by Gasteiger charge is -2.38. The molecule has 6 nitrogen and oxygen atoms in total. The number of hydrogen-bond acceptors (Lipinski definition) is 4. The summed E-state index contributed by atoms with van der Waals surface area (Å²) in [7, 11) is -2.25. The first kappa shape index (κ1) is 24.0. The molecule has 2 fully saturated rings. The van der Waals surface area contributed by atoms with Crippen LogP contribution in [0.3, 0.4) is 0 Å². The van der Waals surface area contributed by atoms with E-state index in [0.29, 0.717) is 51.3 Å². The predicted octanol–water partition coefficient (Wildman–Crippen LogP) is 3.24. The van der Waals surface area contributed by atoms with Crippen LogP contribution in [0.25, 0.3) is 0 Å². The standard InChI is InChI=1S/C21H30F3N3O3S/c1-3-16(25-2)14-20(28)26-11-9-18(10-12-26)27(17-7-8-17)31(29,30)19-6-4-5-15(13-19)21(22,23)24/h4-6,13,16-18,25H,3,7-12,14H2,1-2H3. The van der Waals surface area contributed by atoms with Gasteiger partial charge in [0.2, 0.25) is 15.9 Å². The average Bonchev–Trinajstić information content (AvgIpc) is 3.56. The van der Waals surface area contributed by atoms with Gasteiger partial charge >= 0.3 is 6.18 Å². The Hall–Kier alpha value is -1.65. The van der Waals surface area contributed by atoms with Crippen LogP contribution in [0.5, 0.6) is 0 Å². The predicted molar refractivity (Wildman–Crippen MR) is 111 cm³/mol. The van der Waals surface area contributed by atoms with Crippen LogP contribution in [0.1, 0.15) is 51.0 Å². The van der Waals surface area contributed by atoms with Crippen molar-refractivity contribution in [3.63, 3.8) is 0 Å². The van der Waals surface area contributed by atoms with Crippen molar-refractivity contribution in [3.05, 3.63) is 29.8 Å². The summed E-state index contributed by atoms with van der Waals surface area (Å²) in [5.74, 6) is 0.0401. The molecule has 10 heteroatoms. The molecule has 1 unspecified atom stereocenters. The maximum atomic E-state index is 13.3.